The Hall–Kier alpha value is -0.710. The van der Waals surface area contributed by atoms with Crippen molar-refractivity contribution in [1.82, 2.24) is 0 Å². The lowest BCUT2D eigenvalue weighted by molar-refractivity contribution is -0.122. The quantitative estimate of drug-likeness (QED) is 0.610. The van der Waals surface area contributed by atoms with Crippen LogP contribution in [0.2, 0.25) is 0 Å². The molecule has 0 saturated carbocycles. The van der Waals surface area contributed by atoms with Crippen molar-refractivity contribution in [3.63, 3.8) is 0 Å². The van der Waals surface area contributed by atoms with Gasteiger partial charge in [-0.05, 0) is 18.6 Å². The fraction of sp³-hybridized carbons (Fsp3) is 0.714. The predicted octanol–water partition coefficient (Wildman–Crippen LogP) is -0.531. The fourth-order valence-corrected chi connectivity index (χ4v) is 2.49. The number of hydrogen-bond acceptors (Lipinski definition) is 3. The molecule has 12 heavy (non-hydrogen) atoms. The number of rotatable bonds is 2. The third-order valence-electron chi connectivity index (χ3n) is 2.00. The summed E-state index contributed by atoms with van der Waals surface area (Å²) in [5, 5.41) is -0.226. The van der Waals surface area contributed by atoms with Crippen LogP contribution in [0.25, 0.3) is 0 Å². The molecule has 0 aromatic rings. The molecular weight excluding hydrogens is 176 g/mol. The first-order valence-corrected chi connectivity index (χ1v) is 4.86. The van der Waals surface area contributed by atoms with Gasteiger partial charge in [-0.3, -0.25) is 9.59 Å². The van der Waals surface area contributed by atoms with Crippen LogP contribution in [0.15, 0.2) is 0 Å². The maximum absolute atomic E-state index is 10.8. The normalized spacial score (nSPS) is 29.7. The van der Waals surface area contributed by atoms with Crippen LogP contribution in [0.4, 0.5) is 0 Å². The molecule has 2 amide bonds. The Kier molecular flexibility index (Phi) is 2.97. The number of thioether (sulfide) groups is 1. The van der Waals surface area contributed by atoms with Gasteiger partial charge in [0.2, 0.25) is 11.8 Å². The van der Waals surface area contributed by atoms with Gasteiger partial charge in [-0.1, -0.05) is 0 Å². The van der Waals surface area contributed by atoms with E-state index in [0.717, 1.165) is 12.2 Å². The Morgan fingerprint density at radius 3 is 2.42 bits per heavy atom. The van der Waals surface area contributed by atoms with E-state index in [1.54, 1.807) is 0 Å². The zero-order chi connectivity index (χ0) is 9.14. The SMILES string of the molecule is NC(=O)C1CCSC(C(N)=O)C1. The summed E-state index contributed by atoms with van der Waals surface area (Å²) in [5.41, 5.74) is 10.2. The number of nitrogens with two attached hydrogens (primary N) is 2. The summed E-state index contributed by atoms with van der Waals surface area (Å²) in [4.78, 5) is 21.6. The lowest BCUT2D eigenvalue weighted by atomic mass is 9.98. The molecule has 0 spiro atoms. The highest BCUT2D eigenvalue weighted by atomic mass is 32.2. The number of amides is 2. The van der Waals surface area contributed by atoms with Gasteiger partial charge < -0.3 is 11.5 Å². The summed E-state index contributed by atoms with van der Waals surface area (Å²) in [6.45, 7) is 0. The van der Waals surface area contributed by atoms with E-state index in [9.17, 15) is 9.59 Å². The minimum Gasteiger partial charge on any atom is -0.369 e. The second-order valence-corrected chi connectivity index (χ2v) is 4.20. The average molecular weight is 188 g/mol. The molecular formula is C7H12N2O2S. The molecule has 2 atom stereocenters. The van der Waals surface area contributed by atoms with E-state index in [0.29, 0.717) is 6.42 Å². The zero-order valence-corrected chi connectivity index (χ0v) is 7.47. The first kappa shape index (κ1) is 9.38. The Morgan fingerprint density at radius 1 is 1.25 bits per heavy atom. The minimum absolute atomic E-state index is 0.163. The van der Waals surface area contributed by atoms with E-state index in [4.69, 9.17) is 11.5 Å². The Balaban J connectivity index is 2.51. The summed E-state index contributed by atoms with van der Waals surface area (Å²) in [6, 6.07) is 0. The van der Waals surface area contributed by atoms with Crippen LogP contribution in [-0.4, -0.2) is 22.8 Å². The molecule has 68 valence electrons. The van der Waals surface area contributed by atoms with Crippen LogP contribution in [0.3, 0.4) is 0 Å². The first-order chi connectivity index (χ1) is 5.61. The van der Waals surface area contributed by atoms with Crippen molar-refractivity contribution in [2.75, 3.05) is 5.75 Å². The second-order valence-electron chi connectivity index (χ2n) is 2.89. The van der Waals surface area contributed by atoms with Gasteiger partial charge in [0.15, 0.2) is 0 Å². The summed E-state index contributed by atoms with van der Waals surface area (Å²) in [7, 11) is 0. The number of carbonyl (C=O) groups is 2. The zero-order valence-electron chi connectivity index (χ0n) is 6.66. The van der Waals surface area contributed by atoms with Crippen molar-refractivity contribution in [1.29, 1.82) is 0 Å². The standard InChI is InChI=1S/C7H12N2O2S/c8-6(10)4-1-2-12-5(3-4)7(9)11/h4-5H,1-3H2,(H2,8,10)(H2,9,11). The average Bonchev–Trinajstić information content (AvgIpc) is 2.04. The number of primary amides is 2. The van der Waals surface area contributed by atoms with Gasteiger partial charge in [0, 0.05) is 5.92 Å². The summed E-state index contributed by atoms with van der Waals surface area (Å²) in [6.07, 6.45) is 1.28. The van der Waals surface area contributed by atoms with E-state index in [-0.39, 0.29) is 23.0 Å². The molecule has 0 aromatic carbocycles. The molecule has 0 aromatic heterocycles. The monoisotopic (exact) mass is 188 g/mol. The Bertz CT molecular complexity index is 188. The van der Waals surface area contributed by atoms with Crippen molar-refractivity contribution in [2.45, 2.75) is 18.1 Å². The van der Waals surface area contributed by atoms with Gasteiger partial charge >= 0.3 is 0 Å². The van der Waals surface area contributed by atoms with Crippen molar-refractivity contribution in [3.8, 4) is 0 Å². The van der Waals surface area contributed by atoms with E-state index < -0.39 is 0 Å². The number of carbonyl (C=O) groups excluding carboxylic acids is 2. The molecule has 1 fully saturated rings. The van der Waals surface area contributed by atoms with Crippen LogP contribution < -0.4 is 11.5 Å². The highest BCUT2D eigenvalue weighted by Gasteiger charge is 2.28. The maximum Gasteiger partial charge on any atom is 0.230 e. The third-order valence-corrected chi connectivity index (χ3v) is 3.30. The molecule has 2 unspecified atom stereocenters. The van der Waals surface area contributed by atoms with Gasteiger partial charge in [-0.2, -0.15) is 0 Å². The third kappa shape index (κ3) is 2.14. The first-order valence-electron chi connectivity index (χ1n) is 3.81. The Morgan fingerprint density at radius 2 is 1.92 bits per heavy atom. The van der Waals surface area contributed by atoms with Gasteiger partial charge in [-0.25, -0.2) is 0 Å². The summed E-state index contributed by atoms with van der Waals surface area (Å²) in [5.74, 6) is -0.0300. The molecule has 1 aliphatic rings. The molecule has 1 aliphatic heterocycles. The summed E-state index contributed by atoms with van der Waals surface area (Å²) < 4.78 is 0. The van der Waals surface area contributed by atoms with E-state index in [1.165, 1.54) is 11.8 Å². The molecule has 0 bridgehead atoms. The molecule has 4 nitrogen and oxygen atoms in total. The largest absolute Gasteiger partial charge is 0.369 e. The van der Waals surface area contributed by atoms with Crippen LogP contribution in [0.1, 0.15) is 12.8 Å². The van der Waals surface area contributed by atoms with E-state index in [1.807, 2.05) is 0 Å². The fourth-order valence-electron chi connectivity index (χ4n) is 1.25. The lowest BCUT2D eigenvalue weighted by Crippen LogP contribution is -2.36. The summed E-state index contributed by atoms with van der Waals surface area (Å²) >= 11 is 1.51. The maximum atomic E-state index is 10.8. The molecule has 4 N–H and O–H groups in total. The smallest absolute Gasteiger partial charge is 0.230 e. The molecule has 1 rings (SSSR count). The molecule has 0 aliphatic carbocycles. The topological polar surface area (TPSA) is 86.2 Å². The van der Waals surface area contributed by atoms with Crippen LogP contribution in [0.5, 0.6) is 0 Å². The molecule has 1 saturated heterocycles. The lowest BCUT2D eigenvalue weighted by Gasteiger charge is -2.24. The van der Waals surface area contributed by atoms with E-state index in [2.05, 4.69) is 0 Å². The molecule has 5 heteroatoms. The Labute approximate surface area is 75.0 Å². The van der Waals surface area contributed by atoms with Gasteiger partial charge in [-0.15, -0.1) is 11.8 Å². The molecule has 0 radical (unpaired) electrons. The van der Waals surface area contributed by atoms with Gasteiger partial charge in [0.1, 0.15) is 0 Å². The highest BCUT2D eigenvalue weighted by molar-refractivity contribution is 8.00. The van der Waals surface area contributed by atoms with Crippen LogP contribution in [0, 0.1) is 5.92 Å². The van der Waals surface area contributed by atoms with Crippen molar-refractivity contribution in [3.05, 3.63) is 0 Å². The van der Waals surface area contributed by atoms with Crippen molar-refractivity contribution < 1.29 is 9.59 Å². The van der Waals surface area contributed by atoms with Crippen LogP contribution >= 0.6 is 11.8 Å². The predicted molar refractivity (Wildman–Crippen MR) is 47.4 cm³/mol. The van der Waals surface area contributed by atoms with Crippen molar-refractivity contribution in [2.24, 2.45) is 17.4 Å². The van der Waals surface area contributed by atoms with Gasteiger partial charge in [0.05, 0.1) is 5.25 Å². The number of hydrogen-bond donors (Lipinski definition) is 2. The molecule has 1 heterocycles. The highest BCUT2D eigenvalue weighted by Crippen LogP contribution is 2.29. The van der Waals surface area contributed by atoms with E-state index >= 15 is 0 Å². The minimum atomic E-state index is -0.342. The van der Waals surface area contributed by atoms with Crippen LogP contribution in [-0.2, 0) is 9.59 Å². The van der Waals surface area contributed by atoms with Gasteiger partial charge in [0.25, 0.3) is 0 Å². The van der Waals surface area contributed by atoms with Crippen molar-refractivity contribution >= 4 is 23.6 Å². The second kappa shape index (κ2) is 3.80.